The van der Waals surface area contributed by atoms with E-state index in [0.717, 1.165) is 18.2 Å². The molecule has 0 N–H and O–H groups in total. The van der Waals surface area contributed by atoms with Crippen LogP contribution in [0, 0.1) is 5.92 Å². The Labute approximate surface area is 119 Å². The highest BCUT2D eigenvalue weighted by Crippen LogP contribution is 2.39. The Balaban J connectivity index is 1.75. The molecular weight excluding hydrogens is 262 g/mol. The first kappa shape index (κ1) is 13.1. The lowest BCUT2D eigenvalue weighted by atomic mass is 10.1. The molecule has 19 heavy (non-hydrogen) atoms. The Hall–Kier alpha value is -0.930. The lowest BCUT2D eigenvalue weighted by Gasteiger charge is -2.26. The van der Waals surface area contributed by atoms with Crippen LogP contribution in [0.3, 0.4) is 0 Å². The Morgan fingerprint density at radius 1 is 1.32 bits per heavy atom. The number of ether oxygens (including phenoxy) is 2. The van der Waals surface area contributed by atoms with Gasteiger partial charge in [-0.25, -0.2) is 0 Å². The van der Waals surface area contributed by atoms with E-state index in [9.17, 15) is 0 Å². The molecule has 0 spiro atoms. The van der Waals surface area contributed by atoms with Crippen molar-refractivity contribution in [2.75, 3.05) is 20.3 Å². The summed E-state index contributed by atoms with van der Waals surface area (Å²) in [6.07, 6.45) is 2.74. The zero-order chi connectivity index (χ0) is 13.4. The molecule has 3 nitrogen and oxygen atoms in total. The van der Waals surface area contributed by atoms with Crippen LogP contribution < -0.4 is 9.47 Å². The summed E-state index contributed by atoms with van der Waals surface area (Å²) >= 11 is 6.26. The molecule has 104 valence electrons. The van der Waals surface area contributed by atoms with Crippen molar-refractivity contribution in [1.82, 2.24) is 4.90 Å². The second kappa shape index (κ2) is 5.22. The van der Waals surface area contributed by atoms with E-state index in [0.29, 0.717) is 30.0 Å². The van der Waals surface area contributed by atoms with Gasteiger partial charge in [0, 0.05) is 12.6 Å². The predicted molar refractivity (Wildman–Crippen MR) is 76.1 cm³/mol. The Morgan fingerprint density at radius 3 is 2.79 bits per heavy atom. The molecule has 1 fully saturated rings. The highest BCUT2D eigenvalue weighted by Gasteiger charge is 2.30. The summed E-state index contributed by atoms with van der Waals surface area (Å²) in [5.74, 6) is 2.34. The minimum absolute atomic E-state index is 0.574. The molecule has 0 aromatic heterocycles. The van der Waals surface area contributed by atoms with Crippen molar-refractivity contribution in [1.29, 1.82) is 0 Å². The van der Waals surface area contributed by atoms with Gasteiger partial charge < -0.3 is 9.47 Å². The van der Waals surface area contributed by atoms with Crippen LogP contribution in [0.25, 0.3) is 0 Å². The average molecular weight is 282 g/mol. The maximum absolute atomic E-state index is 6.26. The summed E-state index contributed by atoms with van der Waals surface area (Å²) < 4.78 is 11.2. The van der Waals surface area contributed by atoms with Gasteiger partial charge in [-0.3, -0.25) is 4.90 Å². The molecule has 0 bridgehead atoms. The lowest BCUT2D eigenvalue weighted by Crippen LogP contribution is -2.30. The quantitative estimate of drug-likeness (QED) is 0.845. The highest BCUT2D eigenvalue weighted by atomic mass is 35.5. The van der Waals surface area contributed by atoms with Crippen LogP contribution in [0.5, 0.6) is 11.5 Å². The molecule has 0 amide bonds. The molecule has 1 heterocycles. The maximum Gasteiger partial charge on any atom is 0.179 e. The topological polar surface area (TPSA) is 21.7 Å². The Bertz CT molecular complexity index is 473. The Kier molecular flexibility index (Phi) is 3.59. The summed E-state index contributed by atoms with van der Waals surface area (Å²) in [6.45, 7) is 4.37. The summed E-state index contributed by atoms with van der Waals surface area (Å²) in [6, 6.07) is 4.67. The van der Waals surface area contributed by atoms with Crippen molar-refractivity contribution in [2.45, 2.75) is 32.4 Å². The van der Waals surface area contributed by atoms with Crippen molar-refractivity contribution in [3.8, 4) is 11.5 Å². The molecule has 3 rings (SSSR count). The van der Waals surface area contributed by atoms with E-state index in [4.69, 9.17) is 21.1 Å². The number of nitrogens with zero attached hydrogens (tertiary/aromatic N) is 1. The van der Waals surface area contributed by atoms with Crippen molar-refractivity contribution in [3.05, 3.63) is 22.7 Å². The van der Waals surface area contributed by atoms with Crippen LogP contribution in [-0.2, 0) is 6.54 Å². The van der Waals surface area contributed by atoms with Crippen LogP contribution >= 0.6 is 11.6 Å². The number of rotatable bonds is 4. The van der Waals surface area contributed by atoms with E-state index in [1.165, 1.54) is 18.4 Å². The Morgan fingerprint density at radius 2 is 2.05 bits per heavy atom. The molecule has 1 aromatic carbocycles. The van der Waals surface area contributed by atoms with Gasteiger partial charge in [0.15, 0.2) is 11.5 Å². The van der Waals surface area contributed by atoms with Crippen molar-refractivity contribution < 1.29 is 9.47 Å². The summed E-state index contributed by atoms with van der Waals surface area (Å²) in [5.41, 5.74) is 1.18. The van der Waals surface area contributed by atoms with E-state index < -0.39 is 0 Å². The predicted octanol–water partition coefficient (Wildman–Crippen LogP) is 3.34. The largest absolute Gasteiger partial charge is 0.486 e. The van der Waals surface area contributed by atoms with E-state index in [1.54, 1.807) is 0 Å². The fourth-order valence-corrected chi connectivity index (χ4v) is 2.91. The van der Waals surface area contributed by atoms with E-state index in [-0.39, 0.29) is 0 Å². The average Bonchev–Trinajstić information content (AvgIpc) is 3.22. The molecule has 1 atom stereocenters. The highest BCUT2D eigenvalue weighted by molar-refractivity contribution is 6.32. The molecule has 0 saturated heterocycles. The van der Waals surface area contributed by atoms with Crippen LogP contribution in [0.2, 0.25) is 5.02 Å². The lowest BCUT2D eigenvalue weighted by molar-refractivity contribution is 0.171. The third-order valence-electron chi connectivity index (χ3n) is 4.09. The smallest absolute Gasteiger partial charge is 0.179 e. The number of hydrogen-bond acceptors (Lipinski definition) is 3. The van der Waals surface area contributed by atoms with Crippen LogP contribution in [0.15, 0.2) is 12.1 Å². The van der Waals surface area contributed by atoms with Gasteiger partial charge in [0.05, 0.1) is 5.02 Å². The zero-order valence-electron chi connectivity index (χ0n) is 11.5. The molecular formula is C15H20ClNO2. The van der Waals surface area contributed by atoms with E-state index in [1.807, 2.05) is 6.07 Å². The van der Waals surface area contributed by atoms with Crippen LogP contribution in [-0.4, -0.2) is 31.2 Å². The SMILES string of the molecule is CC(C1CC1)N(C)Cc1cc(Cl)c2c(c1)OCCO2. The third-order valence-corrected chi connectivity index (χ3v) is 4.37. The number of benzene rings is 1. The van der Waals surface area contributed by atoms with Gasteiger partial charge in [-0.05, 0) is 50.4 Å². The van der Waals surface area contributed by atoms with Gasteiger partial charge in [0.25, 0.3) is 0 Å². The second-order valence-corrected chi connectivity index (χ2v) is 6.00. The minimum atomic E-state index is 0.574. The minimum Gasteiger partial charge on any atom is -0.486 e. The summed E-state index contributed by atoms with van der Waals surface area (Å²) in [4.78, 5) is 2.39. The molecule has 4 heteroatoms. The molecule has 1 unspecified atom stereocenters. The monoisotopic (exact) mass is 281 g/mol. The van der Waals surface area contributed by atoms with Gasteiger partial charge in [-0.15, -0.1) is 0 Å². The van der Waals surface area contributed by atoms with Crippen LogP contribution in [0.1, 0.15) is 25.3 Å². The van der Waals surface area contributed by atoms with Crippen molar-refractivity contribution in [2.24, 2.45) is 5.92 Å². The third kappa shape index (κ3) is 2.82. The normalized spacial score (nSPS) is 19.6. The first-order valence-electron chi connectivity index (χ1n) is 6.93. The fraction of sp³-hybridized carbons (Fsp3) is 0.600. The molecule has 1 aliphatic carbocycles. The number of halogens is 1. The maximum atomic E-state index is 6.26. The van der Waals surface area contributed by atoms with Gasteiger partial charge in [-0.2, -0.15) is 0 Å². The number of hydrogen-bond donors (Lipinski definition) is 0. The van der Waals surface area contributed by atoms with E-state index >= 15 is 0 Å². The van der Waals surface area contributed by atoms with Gasteiger partial charge in [-0.1, -0.05) is 11.6 Å². The molecule has 1 aromatic rings. The zero-order valence-corrected chi connectivity index (χ0v) is 12.2. The standard InChI is InChI=1S/C15H20ClNO2/c1-10(12-3-4-12)17(2)9-11-7-13(16)15-14(8-11)18-5-6-19-15/h7-8,10,12H,3-6,9H2,1-2H3. The van der Waals surface area contributed by atoms with Gasteiger partial charge >= 0.3 is 0 Å². The van der Waals surface area contributed by atoms with Gasteiger partial charge in [0.2, 0.25) is 0 Å². The molecule has 0 radical (unpaired) electrons. The van der Waals surface area contributed by atoms with Crippen molar-refractivity contribution in [3.63, 3.8) is 0 Å². The first-order chi connectivity index (χ1) is 9.15. The van der Waals surface area contributed by atoms with Crippen LogP contribution in [0.4, 0.5) is 0 Å². The van der Waals surface area contributed by atoms with Crippen molar-refractivity contribution >= 4 is 11.6 Å². The second-order valence-electron chi connectivity index (χ2n) is 5.59. The molecule has 1 aliphatic heterocycles. The fourth-order valence-electron chi connectivity index (χ4n) is 2.63. The first-order valence-corrected chi connectivity index (χ1v) is 7.31. The number of fused-ring (bicyclic) bond motifs is 1. The molecule has 1 saturated carbocycles. The van der Waals surface area contributed by atoms with Gasteiger partial charge in [0.1, 0.15) is 13.2 Å². The summed E-state index contributed by atoms with van der Waals surface area (Å²) in [7, 11) is 2.17. The van der Waals surface area contributed by atoms with E-state index in [2.05, 4.69) is 24.9 Å². The summed E-state index contributed by atoms with van der Waals surface area (Å²) in [5, 5.41) is 0.652. The molecule has 2 aliphatic rings.